The van der Waals surface area contributed by atoms with E-state index in [1.165, 1.54) is 18.9 Å². The maximum atomic E-state index is 14.1. The predicted octanol–water partition coefficient (Wildman–Crippen LogP) is 1.55. The van der Waals surface area contributed by atoms with Gasteiger partial charge >= 0.3 is 0 Å². The van der Waals surface area contributed by atoms with Crippen molar-refractivity contribution in [2.45, 2.75) is 37.8 Å². The second-order valence-electron chi connectivity index (χ2n) is 5.92. The summed E-state index contributed by atoms with van der Waals surface area (Å²) in [5.41, 5.74) is 11.5. The molecule has 0 radical (unpaired) electrons. The van der Waals surface area contributed by atoms with Crippen LogP contribution in [0.5, 0.6) is 0 Å². The molecule has 3 rings (SSSR count). The number of amides is 1. The molecule has 2 saturated heterocycles. The van der Waals surface area contributed by atoms with Gasteiger partial charge in [-0.2, -0.15) is 0 Å². The number of halogens is 1. The predicted molar refractivity (Wildman–Crippen MR) is 80.6 cm³/mol. The highest BCUT2D eigenvalue weighted by Crippen LogP contribution is 2.31. The molecule has 0 aromatic heterocycles. The zero-order valence-electron chi connectivity index (χ0n) is 11.9. The summed E-state index contributed by atoms with van der Waals surface area (Å²) in [6, 6.07) is 3.26. The minimum atomic E-state index is -0.638. The Labute approximate surface area is 123 Å². The van der Waals surface area contributed by atoms with Crippen molar-refractivity contribution in [2.75, 3.05) is 24.1 Å². The summed E-state index contributed by atoms with van der Waals surface area (Å²) in [7, 11) is 0. The Kier molecular flexibility index (Phi) is 3.71. The minimum Gasteiger partial charge on any atom is -0.398 e. The average molecular weight is 292 g/mol. The molecular weight excluding hydrogens is 271 g/mol. The summed E-state index contributed by atoms with van der Waals surface area (Å²) in [4.78, 5) is 13.8. The number of fused-ring (bicyclic) bond motifs is 1. The Bertz CT molecular complexity index is 563. The Balaban J connectivity index is 1.81. The van der Waals surface area contributed by atoms with Gasteiger partial charge in [-0.05, 0) is 37.9 Å². The highest BCUT2D eigenvalue weighted by Gasteiger charge is 2.35. The summed E-state index contributed by atoms with van der Waals surface area (Å²) in [6.07, 6.45) is 4.58. The fourth-order valence-electron chi connectivity index (χ4n) is 3.53. The van der Waals surface area contributed by atoms with Crippen molar-refractivity contribution in [3.63, 3.8) is 0 Å². The maximum absolute atomic E-state index is 14.1. The zero-order chi connectivity index (χ0) is 15.0. The van der Waals surface area contributed by atoms with Crippen LogP contribution in [0.4, 0.5) is 15.8 Å². The molecule has 5 nitrogen and oxygen atoms in total. The van der Waals surface area contributed by atoms with Gasteiger partial charge in [-0.25, -0.2) is 4.39 Å². The number of hydrogen-bond donors (Lipinski definition) is 3. The lowest BCUT2D eigenvalue weighted by atomic mass is 9.98. The number of nitrogen functional groups attached to an aromatic ring is 1. The molecule has 2 aliphatic rings. The highest BCUT2D eigenvalue weighted by atomic mass is 19.1. The first kappa shape index (κ1) is 14.1. The molecule has 0 spiro atoms. The lowest BCUT2D eigenvalue weighted by Gasteiger charge is -2.33. The van der Waals surface area contributed by atoms with E-state index in [0.29, 0.717) is 11.7 Å². The lowest BCUT2D eigenvalue weighted by molar-refractivity contribution is 0.100. The molecule has 6 heteroatoms. The fraction of sp³-hybridized carbons (Fsp3) is 0.533. The third-order valence-corrected chi connectivity index (χ3v) is 4.60. The molecule has 5 N–H and O–H groups in total. The molecule has 114 valence electrons. The van der Waals surface area contributed by atoms with Crippen LogP contribution >= 0.6 is 0 Å². The van der Waals surface area contributed by atoms with Crippen molar-refractivity contribution in [2.24, 2.45) is 5.73 Å². The van der Waals surface area contributed by atoms with E-state index >= 15 is 0 Å². The fourth-order valence-corrected chi connectivity index (χ4v) is 3.53. The summed E-state index contributed by atoms with van der Waals surface area (Å²) < 4.78 is 14.1. The first-order chi connectivity index (χ1) is 10.1. The number of nitrogens with two attached hydrogens (primary N) is 2. The van der Waals surface area contributed by atoms with E-state index in [1.54, 1.807) is 0 Å². The molecule has 1 aromatic carbocycles. The Morgan fingerprint density at radius 1 is 1.29 bits per heavy atom. The van der Waals surface area contributed by atoms with Crippen LogP contribution in [0.2, 0.25) is 0 Å². The smallest absolute Gasteiger partial charge is 0.250 e. The number of benzene rings is 1. The van der Waals surface area contributed by atoms with Gasteiger partial charge in [-0.3, -0.25) is 9.69 Å². The molecule has 2 atom stereocenters. The van der Waals surface area contributed by atoms with Crippen LogP contribution in [0.3, 0.4) is 0 Å². The number of carbonyl (C=O) groups is 1. The second kappa shape index (κ2) is 5.52. The molecule has 0 saturated carbocycles. The van der Waals surface area contributed by atoms with Crippen molar-refractivity contribution >= 4 is 17.3 Å². The molecule has 2 heterocycles. The van der Waals surface area contributed by atoms with Gasteiger partial charge in [0.05, 0.1) is 11.3 Å². The summed E-state index contributed by atoms with van der Waals surface area (Å²) in [5, 5.41) is 3.25. The van der Waals surface area contributed by atoms with Crippen molar-refractivity contribution in [3.05, 3.63) is 23.5 Å². The maximum Gasteiger partial charge on any atom is 0.250 e. The van der Waals surface area contributed by atoms with E-state index in [2.05, 4.69) is 10.2 Å². The van der Waals surface area contributed by atoms with E-state index in [4.69, 9.17) is 11.5 Å². The number of rotatable bonds is 3. The summed E-state index contributed by atoms with van der Waals surface area (Å²) in [6.45, 7) is 2.17. The van der Waals surface area contributed by atoms with Crippen molar-refractivity contribution in [1.82, 2.24) is 4.90 Å². The minimum absolute atomic E-state index is 0.0799. The van der Waals surface area contributed by atoms with E-state index in [1.807, 2.05) is 0 Å². The van der Waals surface area contributed by atoms with Crippen molar-refractivity contribution < 1.29 is 9.18 Å². The van der Waals surface area contributed by atoms with E-state index in [9.17, 15) is 9.18 Å². The van der Waals surface area contributed by atoms with Gasteiger partial charge in [0.25, 0.3) is 5.91 Å². The van der Waals surface area contributed by atoms with Gasteiger partial charge in [0.2, 0.25) is 0 Å². The SMILES string of the molecule is NC(=O)c1cc(NC2CCN3CCCCC23)c(F)cc1N. The van der Waals surface area contributed by atoms with Crippen LogP contribution in [0.25, 0.3) is 0 Å². The van der Waals surface area contributed by atoms with Crippen LogP contribution in [0.15, 0.2) is 12.1 Å². The molecule has 1 aromatic rings. The first-order valence-electron chi connectivity index (χ1n) is 7.45. The van der Waals surface area contributed by atoms with Crippen molar-refractivity contribution in [1.29, 1.82) is 0 Å². The molecule has 0 bridgehead atoms. The third-order valence-electron chi connectivity index (χ3n) is 4.60. The highest BCUT2D eigenvalue weighted by molar-refractivity contribution is 5.99. The Morgan fingerprint density at radius 3 is 2.86 bits per heavy atom. The topological polar surface area (TPSA) is 84.4 Å². The van der Waals surface area contributed by atoms with Gasteiger partial charge in [0.15, 0.2) is 0 Å². The Hall–Kier alpha value is -1.82. The largest absolute Gasteiger partial charge is 0.398 e. The number of nitrogens with zero attached hydrogens (tertiary/aromatic N) is 1. The monoisotopic (exact) mass is 292 g/mol. The molecule has 21 heavy (non-hydrogen) atoms. The number of anilines is 2. The average Bonchev–Trinajstić information content (AvgIpc) is 2.85. The van der Waals surface area contributed by atoms with Crippen LogP contribution in [0, 0.1) is 5.82 Å². The van der Waals surface area contributed by atoms with E-state index in [0.717, 1.165) is 32.0 Å². The number of hydrogen-bond acceptors (Lipinski definition) is 4. The summed E-state index contributed by atoms with van der Waals surface area (Å²) in [5.74, 6) is -1.08. The quantitative estimate of drug-likeness (QED) is 0.738. The Morgan fingerprint density at radius 2 is 2.10 bits per heavy atom. The molecule has 2 fully saturated rings. The number of piperidine rings is 1. The molecule has 1 amide bonds. The van der Waals surface area contributed by atoms with Crippen LogP contribution in [0.1, 0.15) is 36.0 Å². The van der Waals surface area contributed by atoms with Gasteiger partial charge in [-0.15, -0.1) is 0 Å². The second-order valence-corrected chi connectivity index (χ2v) is 5.92. The van der Waals surface area contributed by atoms with Gasteiger partial charge < -0.3 is 16.8 Å². The van der Waals surface area contributed by atoms with Gasteiger partial charge in [-0.1, -0.05) is 6.42 Å². The standard InChI is InChI=1S/C15H21FN4O/c16-10-8-11(17)9(15(18)21)7-13(10)19-12-4-6-20-5-2-1-3-14(12)20/h7-8,12,14,19H,1-6,17H2,(H2,18,21). The number of primary amides is 1. The zero-order valence-corrected chi connectivity index (χ0v) is 11.9. The summed E-state index contributed by atoms with van der Waals surface area (Å²) >= 11 is 0. The third kappa shape index (κ3) is 2.68. The number of carbonyl (C=O) groups excluding carboxylic acids is 1. The van der Waals surface area contributed by atoms with Crippen LogP contribution in [-0.4, -0.2) is 36.0 Å². The molecule has 2 aliphatic heterocycles. The van der Waals surface area contributed by atoms with Gasteiger partial charge in [0, 0.05) is 24.3 Å². The van der Waals surface area contributed by atoms with E-state index < -0.39 is 11.7 Å². The normalized spacial score (nSPS) is 25.6. The molecule has 0 aliphatic carbocycles. The number of nitrogens with one attached hydrogen (secondary N) is 1. The van der Waals surface area contributed by atoms with Crippen molar-refractivity contribution in [3.8, 4) is 0 Å². The molecule has 2 unspecified atom stereocenters. The van der Waals surface area contributed by atoms with Crippen LogP contribution < -0.4 is 16.8 Å². The first-order valence-corrected chi connectivity index (χ1v) is 7.45. The lowest BCUT2D eigenvalue weighted by Crippen LogP contribution is -2.41. The molecular formula is C15H21FN4O. The van der Waals surface area contributed by atoms with E-state index in [-0.39, 0.29) is 17.3 Å². The van der Waals surface area contributed by atoms with Gasteiger partial charge in [0.1, 0.15) is 5.82 Å². The van der Waals surface area contributed by atoms with Crippen LogP contribution in [-0.2, 0) is 0 Å².